The van der Waals surface area contributed by atoms with Crippen molar-refractivity contribution in [2.45, 2.75) is 38.3 Å². The van der Waals surface area contributed by atoms with Crippen LogP contribution < -0.4 is 20.3 Å². The maximum Gasteiger partial charge on any atom is 0.225 e. The van der Waals surface area contributed by atoms with Gasteiger partial charge in [-0.1, -0.05) is 12.1 Å². The van der Waals surface area contributed by atoms with Crippen LogP contribution in [-0.2, 0) is 6.54 Å². The fraction of sp³-hybridized carbons (Fsp3) is 0.440. The van der Waals surface area contributed by atoms with Crippen LogP contribution in [0.1, 0.15) is 31.2 Å². The number of aromatic nitrogens is 2. The van der Waals surface area contributed by atoms with Gasteiger partial charge in [0.1, 0.15) is 17.4 Å². The second-order valence-electron chi connectivity index (χ2n) is 8.73. The zero-order chi connectivity index (χ0) is 22.5. The highest BCUT2D eigenvalue weighted by Crippen LogP contribution is 2.28. The van der Waals surface area contributed by atoms with E-state index < -0.39 is 0 Å². The molecular formula is C25H32FN5O. The van der Waals surface area contributed by atoms with Crippen LogP contribution in [-0.4, -0.2) is 43.8 Å². The number of ether oxygens (including phenoxy) is 1. The van der Waals surface area contributed by atoms with Gasteiger partial charge in [0, 0.05) is 37.6 Å². The zero-order valence-electron chi connectivity index (χ0n) is 19.1. The number of hydrogen-bond donors (Lipinski definition) is 2. The van der Waals surface area contributed by atoms with E-state index in [4.69, 9.17) is 14.7 Å². The average Bonchev–Trinajstić information content (AvgIpc) is 2.80. The first kappa shape index (κ1) is 22.3. The number of hydrogen-bond acceptors (Lipinski definition) is 6. The Morgan fingerprint density at radius 2 is 1.84 bits per heavy atom. The topological polar surface area (TPSA) is 62.3 Å². The van der Waals surface area contributed by atoms with E-state index in [-0.39, 0.29) is 5.82 Å². The summed E-state index contributed by atoms with van der Waals surface area (Å²) >= 11 is 0. The van der Waals surface area contributed by atoms with E-state index in [1.54, 1.807) is 13.2 Å². The summed E-state index contributed by atoms with van der Waals surface area (Å²) in [6.45, 7) is 1.53. The molecule has 1 aliphatic carbocycles. The van der Waals surface area contributed by atoms with Gasteiger partial charge in [-0.2, -0.15) is 4.98 Å². The number of rotatable bonds is 8. The molecule has 1 saturated carbocycles. The second-order valence-corrected chi connectivity index (χ2v) is 8.73. The first-order valence-electron chi connectivity index (χ1n) is 11.3. The Morgan fingerprint density at radius 3 is 2.59 bits per heavy atom. The standard InChI is InChI=1S/C25H32FN5O/c1-31(2)24-21-6-4-5-7-22(21)29-25(30-24)28-20-11-8-17(9-12-20)15-27-16-18-14-19(26)10-13-23(18)32-3/h4-7,10,13-14,17,20,27H,8-9,11-12,15-16H2,1-3H3,(H,28,29,30)/t17-,20+. The van der Waals surface area contributed by atoms with E-state index >= 15 is 0 Å². The Kier molecular flexibility index (Phi) is 7.05. The normalized spacial score (nSPS) is 18.5. The summed E-state index contributed by atoms with van der Waals surface area (Å²) in [5.74, 6) is 2.74. The summed E-state index contributed by atoms with van der Waals surface area (Å²) in [6, 6.07) is 13.2. The first-order chi connectivity index (χ1) is 15.5. The van der Waals surface area contributed by atoms with E-state index in [0.29, 0.717) is 24.5 Å². The lowest BCUT2D eigenvalue weighted by atomic mass is 9.86. The smallest absolute Gasteiger partial charge is 0.225 e. The summed E-state index contributed by atoms with van der Waals surface area (Å²) < 4.78 is 18.9. The van der Waals surface area contributed by atoms with Gasteiger partial charge in [0.15, 0.2) is 0 Å². The molecule has 32 heavy (non-hydrogen) atoms. The van der Waals surface area contributed by atoms with Crippen LogP contribution in [0.5, 0.6) is 5.75 Å². The molecule has 3 aromatic rings. The number of nitrogens with one attached hydrogen (secondary N) is 2. The highest BCUT2D eigenvalue weighted by molar-refractivity contribution is 5.90. The highest BCUT2D eigenvalue weighted by Gasteiger charge is 2.22. The molecule has 2 aromatic carbocycles. The molecule has 1 fully saturated rings. The van der Waals surface area contributed by atoms with Crippen LogP contribution in [0.2, 0.25) is 0 Å². The lowest BCUT2D eigenvalue weighted by molar-refractivity contribution is 0.322. The lowest BCUT2D eigenvalue weighted by Gasteiger charge is -2.29. The van der Waals surface area contributed by atoms with Crippen LogP contribution in [0.25, 0.3) is 10.9 Å². The predicted octanol–water partition coefficient (Wildman–Crippen LogP) is 4.60. The lowest BCUT2D eigenvalue weighted by Crippen LogP contribution is -2.31. The number of methoxy groups -OCH3 is 1. The fourth-order valence-electron chi connectivity index (χ4n) is 4.46. The molecule has 1 heterocycles. The van der Waals surface area contributed by atoms with Crippen molar-refractivity contribution in [1.29, 1.82) is 0 Å². The molecule has 7 heteroatoms. The van der Waals surface area contributed by atoms with Crippen molar-refractivity contribution in [3.8, 4) is 5.75 Å². The quantitative estimate of drug-likeness (QED) is 0.537. The van der Waals surface area contributed by atoms with Crippen molar-refractivity contribution in [2.24, 2.45) is 5.92 Å². The molecule has 170 valence electrons. The molecule has 0 radical (unpaired) electrons. The first-order valence-corrected chi connectivity index (χ1v) is 11.3. The minimum atomic E-state index is -0.234. The molecule has 0 spiro atoms. The molecule has 2 N–H and O–H groups in total. The molecule has 0 atom stereocenters. The Hall–Kier alpha value is -2.93. The predicted molar refractivity (Wildman–Crippen MR) is 128 cm³/mol. The number of halogens is 1. The van der Waals surface area contributed by atoms with Gasteiger partial charge >= 0.3 is 0 Å². The van der Waals surface area contributed by atoms with Gasteiger partial charge < -0.3 is 20.3 Å². The maximum absolute atomic E-state index is 13.5. The monoisotopic (exact) mass is 437 g/mol. The van der Waals surface area contributed by atoms with Crippen molar-refractivity contribution >= 4 is 22.7 Å². The van der Waals surface area contributed by atoms with E-state index in [0.717, 1.165) is 60.3 Å². The summed E-state index contributed by atoms with van der Waals surface area (Å²) in [7, 11) is 5.64. The number of anilines is 2. The number of nitrogens with zero attached hydrogens (tertiary/aromatic N) is 3. The van der Waals surface area contributed by atoms with E-state index in [1.807, 2.05) is 37.2 Å². The van der Waals surface area contributed by atoms with Gasteiger partial charge in [0.05, 0.1) is 12.6 Å². The maximum atomic E-state index is 13.5. The van der Waals surface area contributed by atoms with Gasteiger partial charge in [-0.05, 0) is 68.5 Å². The molecular weight excluding hydrogens is 405 g/mol. The molecule has 6 nitrogen and oxygen atoms in total. The Balaban J connectivity index is 1.30. The fourth-order valence-corrected chi connectivity index (χ4v) is 4.46. The van der Waals surface area contributed by atoms with Gasteiger partial charge in [-0.25, -0.2) is 9.37 Å². The van der Waals surface area contributed by atoms with E-state index in [2.05, 4.69) is 16.7 Å². The third-order valence-electron chi connectivity index (χ3n) is 6.18. The molecule has 0 saturated heterocycles. The minimum Gasteiger partial charge on any atom is -0.496 e. The molecule has 0 unspecified atom stereocenters. The van der Waals surface area contributed by atoms with E-state index in [9.17, 15) is 4.39 Å². The Bertz CT molecular complexity index is 1050. The molecule has 0 amide bonds. The van der Waals surface area contributed by atoms with Gasteiger partial charge in [-0.15, -0.1) is 0 Å². The summed E-state index contributed by atoms with van der Waals surface area (Å²) in [5, 5.41) is 8.11. The number of para-hydroxylation sites is 1. The Morgan fingerprint density at radius 1 is 1.06 bits per heavy atom. The Labute approximate surface area is 189 Å². The summed E-state index contributed by atoms with van der Waals surface area (Å²) in [5.41, 5.74) is 1.81. The largest absolute Gasteiger partial charge is 0.496 e. The zero-order valence-corrected chi connectivity index (χ0v) is 19.1. The van der Waals surface area contributed by atoms with Crippen molar-refractivity contribution in [3.63, 3.8) is 0 Å². The molecule has 1 aromatic heterocycles. The number of fused-ring (bicyclic) bond motifs is 1. The third-order valence-corrected chi connectivity index (χ3v) is 6.18. The van der Waals surface area contributed by atoms with Gasteiger partial charge in [0.25, 0.3) is 0 Å². The van der Waals surface area contributed by atoms with Gasteiger partial charge in [-0.3, -0.25) is 0 Å². The van der Waals surface area contributed by atoms with Crippen molar-refractivity contribution in [2.75, 3.05) is 38.0 Å². The third kappa shape index (κ3) is 5.27. The van der Waals surface area contributed by atoms with Crippen molar-refractivity contribution < 1.29 is 9.13 Å². The van der Waals surface area contributed by atoms with Crippen molar-refractivity contribution in [1.82, 2.24) is 15.3 Å². The van der Waals surface area contributed by atoms with Crippen LogP contribution in [0.15, 0.2) is 42.5 Å². The van der Waals surface area contributed by atoms with Crippen LogP contribution in [0, 0.1) is 11.7 Å². The van der Waals surface area contributed by atoms with E-state index in [1.165, 1.54) is 12.1 Å². The number of benzene rings is 2. The molecule has 0 aliphatic heterocycles. The van der Waals surface area contributed by atoms with Crippen LogP contribution in [0.4, 0.5) is 16.2 Å². The SMILES string of the molecule is COc1ccc(F)cc1CNC[C@H]1CC[C@@H](Nc2nc(N(C)C)c3ccccc3n2)CC1. The van der Waals surface area contributed by atoms with Crippen molar-refractivity contribution in [3.05, 3.63) is 53.8 Å². The molecule has 1 aliphatic rings. The molecule has 0 bridgehead atoms. The van der Waals surface area contributed by atoms with Crippen LogP contribution in [0.3, 0.4) is 0 Å². The summed E-state index contributed by atoms with van der Waals surface area (Å²) in [6.07, 6.45) is 4.45. The highest BCUT2D eigenvalue weighted by atomic mass is 19.1. The molecule has 4 rings (SSSR count). The van der Waals surface area contributed by atoms with Gasteiger partial charge in [0.2, 0.25) is 5.95 Å². The average molecular weight is 438 g/mol. The minimum absolute atomic E-state index is 0.234. The van der Waals surface area contributed by atoms with Crippen LogP contribution >= 0.6 is 0 Å². The summed E-state index contributed by atoms with van der Waals surface area (Å²) in [4.78, 5) is 11.5. The second kappa shape index (κ2) is 10.1.